The van der Waals surface area contributed by atoms with Crippen LogP contribution in [0.25, 0.3) is 5.57 Å². The maximum atomic E-state index is 15.1. The molecular formula is C32H37F2N5O2. The third kappa shape index (κ3) is 5.68. The lowest BCUT2D eigenvalue weighted by Gasteiger charge is -2.30. The van der Waals surface area contributed by atoms with Crippen molar-refractivity contribution in [3.8, 4) is 0 Å². The number of amides is 1. The number of aliphatic hydroxyl groups excluding tert-OH is 1. The Bertz CT molecular complexity index is 1430. The summed E-state index contributed by atoms with van der Waals surface area (Å²) >= 11 is 0. The van der Waals surface area contributed by atoms with Gasteiger partial charge in [-0.3, -0.25) is 4.79 Å². The van der Waals surface area contributed by atoms with Crippen LogP contribution in [0.15, 0.2) is 65.2 Å². The van der Waals surface area contributed by atoms with E-state index in [0.29, 0.717) is 29.3 Å². The van der Waals surface area contributed by atoms with E-state index in [2.05, 4.69) is 25.8 Å². The minimum Gasteiger partial charge on any atom is -0.494 e. The summed E-state index contributed by atoms with van der Waals surface area (Å²) in [6.45, 7) is 7.09. The SMILES string of the molecule is CC1=C(/C=C2\C(=O)Nc3cc(NCc4ccc(F)cc4)c(F)cc32)NC2CCCN(CCN3CCCCC3)C(O)=C12. The molecule has 4 heterocycles. The second kappa shape index (κ2) is 11.6. The first-order valence-electron chi connectivity index (χ1n) is 14.6. The van der Waals surface area contributed by atoms with Crippen LogP contribution in [0.5, 0.6) is 0 Å². The summed E-state index contributed by atoms with van der Waals surface area (Å²) < 4.78 is 28.3. The summed E-state index contributed by atoms with van der Waals surface area (Å²) in [5.41, 5.74) is 5.03. The summed E-state index contributed by atoms with van der Waals surface area (Å²) in [5, 5.41) is 20.8. The number of carbonyl (C=O) groups excluding carboxylic acids is 1. The van der Waals surface area contributed by atoms with Gasteiger partial charge in [0.25, 0.3) is 5.91 Å². The second-order valence-electron chi connectivity index (χ2n) is 11.4. The smallest absolute Gasteiger partial charge is 0.256 e. The topological polar surface area (TPSA) is 79.9 Å². The number of likely N-dealkylation sites (tertiary alicyclic amines) is 1. The summed E-state index contributed by atoms with van der Waals surface area (Å²) in [5.74, 6) is -0.783. The van der Waals surface area contributed by atoms with Gasteiger partial charge >= 0.3 is 0 Å². The molecule has 9 heteroatoms. The molecule has 1 saturated heterocycles. The molecule has 2 aromatic rings. The van der Waals surface area contributed by atoms with E-state index in [0.717, 1.165) is 68.0 Å². The van der Waals surface area contributed by atoms with E-state index in [1.807, 2.05) is 6.92 Å². The zero-order valence-corrected chi connectivity index (χ0v) is 23.4. The van der Waals surface area contributed by atoms with E-state index in [-0.39, 0.29) is 23.5 Å². The predicted molar refractivity (Wildman–Crippen MR) is 157 cm³/mol. The Morgan fingerprint density at radius 1 is 1.05 bits per heavy atom. The minimum atomic E-state index is -0.479. The number of nitrogens with one attached hydrogen (secondary N) is 3. The van der Waals surface area contributed by atoms with Crippen molar-refractivity contribution in [3.05, 3.63) is 88.0 Å². The third-order valence-electron chi connectivity index (χ3n) is 8.66. The molecule has 4 aliphatic rings. The fraction of sp³-hybridized carbons (Fsp3) is 0.406. The summed E-state index contributed by atoms with van der Waals surface area (Å²) in [4.78, 5) is 17.6. The maximum absolute atomic E-state index is 15.1. The van der Waals surface area contributed by atoms with Crippen LogP contribution in [0.3, 0.4) is 0 Å². The van der Waals surface area contributed by atoms with E-state index in [4.69, 9.17) is 0 Å². The van der Waals surface area contributed by atoms with Crippen LogP contribution >= 0.6 is 0 Å². The van der Waals surface area contributed by atoms with Crippen molar-refractivity contribution in [2.75, 3.05) is 43.4 Å². The largest absolute Gasteiger partial charge is 0.494 e. The molecule has 6 rings (SSSR count). The monoisotopic (exact) mass is 561 g/mol. The predicted octanol–water partition coefficient (Wildman–Crippen LogP) is 5.51. The van der Waals surface area contributed by atoms with Gasteiger partial charge in [0, 0.05) is 43.0 Å². The van der Waals surface area contributed by atoms with E-state index in [1.165, 1.54) is 37.5 Å². The Balaban J connectivity index is 1.22. The molecule has 0 spiro atoms. The Labute approximate surface area is 239 Å². The van der Waals surface area contributed by atoms with Gasteiger partial charge in [-0.2, -0.15) is 0 Å². The normalized spacial score (nSPS) is 22.0. The lowest BCUT2D eigenvalue weighted by Crippen LogP contribution is -2.38. The number of allylic oxidation sites excluding steroid dienone is 1. The number of nitrogens with zero attached hydrogens (tertiary/aromatic N) is 2. The summed E-state index contributed by atoms with van der Waals surface area (Å²) in [7, 11) is 0. The molecule has 1 amide bonds. The molecule has 0 saturated carbocycles. The van der Waals surface area contributed by atoms with Crippen molar-refractivity contribution in [1.82, 2.24) is 15.1 Å². The Morgan fingerprint density at radius 3 is 2.61 bits per heavy atom. The molecule has 1 fully saturated rings. The van der Waals surface area contributed by atoms with Gasteiger partial charge in [0.15, 0.2) is 5.88 Å². The molecule has 7 nitrogen and oxygen atoms in total. The average Bonchev–Trinajstić information content (AvgIpc) is 3.38. The number of piperidine rings is 1. The Kier molecular flexibility index (Phi) is 7.71. The van der Waals surface area contributed by atoms with Crippen LogP contribution in [0, 0.1) is 11.6 Å². The standard InChI is InChI=1S/C32H37F2N5O2/c1-20-27(36-26-6-5-13-39(32(41)30(20)26)15-14-38-11-3-2-4-12-38)17-24-23-16-25(34)29(18-28(23)37-31(24)40)35-19-21-7-9-22(33)10-8-21/h7-10,16-18,26,35-36,41H,2-6,11-15,19H2,1H3,(H,37,40)/b24-17-. The molecule has 0 bridgehead atoms. The first-order chi connectivity index (χ1) is 19.9. The van der Waals surface area contributed by atoms with Gasteiger partial charge in [-0.15, -0.1) is 0 Å². The van der Waals surface area contributed by atoms with Crippen LogP contribution in [-0.4, -0.2) is 59.6 Å². The average molecular weight is 562 g/mol. The van der Waals surface area contributed by atoms with E-state index < -0.39 is 5.82 Å². The molecule has 1 unspecified atom stereocenters. The van der Waals surface area contributed by atoms with Crippen LogP contribution in [0.2, 0.25) is 0 Å². The van der Waals surface area contributed by atoms with Crippen molar-refractivity contribution >= 4 is 22.9 Å². The van der Waals surface area contributed by atoms with Crippen molar-refractivity contribution < 1.29 is 18.7 Å². The zero-order chi connectivity index (χ0) is 28.5. The highest BCUT2D eigenvalue weighted by atomic mass is 19.1. The minimum absolute atomic E-state index is 0.0273. The third-order valence-corrected chi connectivity index (χ3v) is 8.66. The van der Waals surface area contributed by atoms with Gasteiger partial charge in [-0.05, 0) is 87.2 Å². The fourth-order valence-electron chi connectivity index (χ4n) is 6.32. The molecular weight excluding hydrogens is 524 g/mol. The van der Waals surface area contributed by atoms with Gasteiger partial charge in [0.05, 0.1) is 23.0 Å². The zero-order valence-electron chi connectivity index (χ0n) is 23.4. The number of hydrogen-bond donors (Lipinski definition) is 4. The van der Waals surface area contributed by atoms with Crippen molar-refractivity contribution in [1.29, 1.82) is 0 Å². The number of hydrogen-bond acceptors (Lipinski definition) is 6. The molecule has 4 aliphatic heterocycles. The lowest BCUT2D eigenvalue weighted by atomic mass is 10.00. The quantitative estimate of drug-likeness (QED) is 0.334. The summed E-state index contributed by atoms with van der Waals surface area (Å²) in [6.07, 6.45) is 7.39. The van der Waals surface area contributed by atoms with Crippen LogP contribution in [-0.2, 0) is 11.3 Å². The van der Waals surface area contributed by atoms with E-state index in [9.17, 15) is 14.3 Å². The highest BCUT2D eigenvalue weighted by Gasteiger charge is 2.34. The van der Waals surface area contributed by atoms with Crippen LogP contribution in [0.4, 0.5) is 20.2 Å². The molecule has 41 heavy (non-hydrogen) atoms. The number of aliphatic hydroxyl groups is 1. The van der Waals surface area contributed by atoms with Gasteiger partial charge in [0.2, 0.25) is 0 Å². The number of halogens is 2. The fourth-order valence-corrected chi connectivity index (χ4v) is 6.32. The molecule has 0 aromatic heterocycles. The Morgan fingerprint density at radius 2 is 1.83 bits per heavy atom. The van der Waals surface area contributed by atoms with Gasteiger partial charge in [0.1, 0.15) is 11.6 Å². The number of anilines is 2. The van der Waals surface area contributed by atoms with Crippen LogP contribution in [0.1, 0.15) is 50.2 Å². The molecule has 2 aromatic carbocycles. The molecule has 0 radical (unpaired) electrons. The van der Waals surface area contributed by atoms with Gasteiger partial charge < -0.3 is 30.9 Å². The first-order valence-corrected chi connectivity index (χ1v) is 14.6. The molecule has 4 N–H and O–H groups in total. The second-order valence-corrected chi connectivity index (χ2v) is 11.4. The lowest BCUT2D eigenvalue weighted by molar-refractivity contribution is -0.110. The van der Waals surface area contributed by atoms with Crippen molar-refractivity contribution in [2.45, 2.75) is 51.6 Å². The van der Waals surface area contributed by atoms with Gasteiger partial charge in [-0.25, -0.2) is 8.78 Å². The van der Waals surface area contributed by atoms with E-state index >= 15 is 4.39 Å². The van der Waals surface area contributed by atoms with Gasteiger partial charge in [-0.1, -0.05) is 18.6 Å². The summed E-state index contributed by atoms with van der Waals surface area (Å²) in [6, 6.07) is 8.94. The number of carbonyl (C=O) groups is 1. The molecule has 1 atom stereocenters. The number of fused-ring (bicyclic) bond motifs is 2. The van der Waals surface area contributed by atoms with Crippen LogP contribution < -0.4 is 16.0 Å². The highest BCUT2D eigenvalue weighted by Crippen LogP contribution is 2.39. The first kappa shape index (κ1) is 27.3. The van der Waals surface area contributed by atoms with Crippen molar-refractivity contribution in [3.63, 3.8) is 0 Å². The maximum Gasteiger partial charge on any atom is 0.256 e. The number of rotatable bonds is 7. The Hall–Kier alpha value is -3.85. The highest BCUT2D eigenvalue weighted by molar-refractivity contribution is 6.32. The van der Waals surface area contributed by atoms with E-state index in [1.54, 1.807) is 24.3 Å². The molecule has 216 valence electrons. The van der Waals surface area contributed by atoms with Crippen molar-refractivity contribution in [2.24, 2.45) is 0 Å². The number of benzene rings is 2. The molecule has 0 aliphatic carbocycles.